The number of aryl methyl sites for hydroxylation is 3. The number of amides is 1. The smallest absolute Gasteiger partial charge is 0.264 e. The van der Waals surface area contributed by atoms with Crippen LogP contribution < -0.4 is 9.62 Å². The summed E-state index contributed by atoms with van der Waals surface area (Å²) in [6.07, 6.45) is 0. The van der Waals surface area contributed by atoms with Gasteiger partial charge in [-0.25, -0.2) is 8.42 Å². The molecule has 0 aromatic heterocycles. The second-order valence-corrected chi connectivity index (χ2v) is 9.24. The van der Waals surface area contributed by atoms with Crippen LogP contribution in [0.4, 0.5) is 5.69 Å². The van der Waals surface area contributed by atoms with E-state index in [9.17, 15) is 13.2 Å². The zero-order chi connectivity index (χ0) is 21.7. The summed E-state index contributed by atoms with van der Waals surface area (Å²) in [5.41, 5.74) is 4.13. The van der Waals surface area contributed by atoms with Crippen molar-refractivity contribution < 1.29 is 13.2 Å². The van der Waals surface area contributed by atoms with Crippen LogP contribution in [0.25, 0.3) is 0 Å². The predicted molar refractivity (Wildman–Crippen MR) is 120 cm³/mol. The Morgan fingerprint density at radius 3 is 2.17 bits per heavy atom. The monoisotopic (exact) mass is 422 g/mol. The number of rotatable bonds is 7. The van der Waals surface area contributed by atoms with Gasteiger partial charge in [0.1, 0.15) is 6.54 Å². The minimum atomic E-state index is -3.92. The molecule has 3 aromatic rings. The third kappa shape index (κ3) is 5.07. The molecule has 0 radical (unpaired) electrons. The fourth-order valence-corrected chi connectivity index (χ4v) is 4.59. The first-order valence-corrected chi connectivity index (χ1v) is 11.2. The molecule has 0 bridgehead atoms. The van der Waals surface area contributed by atoms with E-state index in [2.05, 4.69) is 5.32 Å². The van der Waals surface area contributed by atoms with E-state index in [0.29, 0.717) is 12.2 Å². The van der Waals surface area contributed by atoms with Gasteiger partial charge in [-0.15, -0.1) is 0 Å². The standard InChI is InChI=1S/C24H26N2O3S/c1-18-10-13-22(14-11-18)30(28,29)26(23-15-19(2)9-12-20(23)3)17-24(27)25-16-21-7-5-4-6-8-21/h4-15H,16-17H2,1-3H3,(H,25,27). The average Bonchev–Trinajstić information content (AvgIpc) is 2.73. The number of nitrogens with zero attached hydrogens (tertiary/aromatic N) is 1. The van der Waals surface area contributed by atoms with Crippen LogP contribution in [0.2, 0.25) is 0 Å². The molecule has 0 unspecified atom stereocenters. The third-order valence-electron chi connectivity index (χ3n) is 4.86. The highest BCUT2D eigenvalue weighted by Crippen LogP contribution is 2.28. The molecule has 0 fully saturated rings. The zero-order valence-electron chi connectivity index (χ0n) is 17.4. The number of hydrogen-bond acceptors (Lipinski definition) is 3. The van der Waals surface area contributed by atoms with Gasteiger partial charge in [0.15, 0.2) is 0 Å². The number of carbonyl (C=O) groups excluding carboxylic acids is 1. The first kappa shape index (κ1) is 21.6. The van der Waals surface area contributed by atoms with Gasteiger partial charge < -0.3 is 5.32 Å². The first-order valence-electron chi connectivity index (χ1n) is 9.74. The second-order valence-electron chi connectivity index (χ2n) is 7.38. The summed E-state index contributed by atoms with van der Waals surface area (Å²) in [7, 11) is -3.92. The predicted octanol–water partition coefficient (Wildman–Crippen LogP) is 4.12. The molecule has 0 aliphatic heterocycles. The molecule has 0 atom stereocenters. The van der Waals surface area contributed by atoms with Crippen molar-refractivity contribution in [3.8, 4) is 0 Å². The molecule has 0 heterocycles. The largest absolute Gasteiger partial charge is 0.350 e. The molecular formula is C24H26N2O3S. The Morgan fingerprint density at radius 1 is 0.867 bits per heavy atom. The van der Waals surface area contributed by atoms with E-state index in [0.717, 1.165) is 22.3 Å². The van der Waals surface area contributed by atoms with Crippen LogP contribution in [0.15, 0.2) is 77.7 Å². The second kappa shape index (κ2) is 9.13. The number of nitrogens with one attached hydrogen (secondary N) is 1. The fourth-order valence-electron chi connectivity index (χ4n) is 3.11. The van der Waals surface area contributed by atoms with Crippen molar-refractivity contribution in [2.75, 3.05) is 10.8 Å². The molecule has 5 nitrogen and oxygen atoms in total. The van der Waals surface area contributed by atoms with Crippen molar-refractivity contribution >= 4 is 21.6 Å². The maximum atomic E-state index is 13.5. The van der Waals surface area contributed by atoms with Crippen LogP contribution >= 0.6 is 0 Å². The van der Waals surface area contributed by atoms with E-state index in [4.69, 9.17) is 0 Å². The van der Waals surface area contributed by atoms with E-state index in [1.807, 2.05) is 63.2 Å². The molecule has 0 saturated carbocycles. The minimum absolute atomic E-state index is 0.157. The van der Waals surface area contributed by atoms with Crippen molar-refractivity contribution in [1.29, 1.82) is 0 Å². The maximum Gasteiger partial charge on any atom is 0.264 e. The Balaban J connectivity index is 1.92. The van der Waals surface area contributed by atoms with Gasteiger partial charge in [0.05, 0.1) is 10.6 Å². The Labute approximate surface area is 178 Å². The number of hydrogen-bond donors (Lipinski definition) is 1. The van der Waals surface area contributed by atoms with Crippen LogP contribution in [-0.2, 0) is 21.4 Å². The van der Waals surface area contributed by atoms with Gasteiger partial charge in [-0.3, -0.25) is 9.10 Å². The Bertz CT molecular complexity index is 1120. The fraction of sp³-hybridized carbons (Fsp3) is 0.208. The normalized spacial score (nSPS) is 11.2. The summed E-state index contributed by atoms with van der Waals surface area (Å²) >= 11 is 0. The van der Waals surface area contributed by atoms with E-state index < -0.39 is 10.0 Å². The highest BCUT2D eigenvalue weighted by molar-refractivity contribution is 7.92. The SMILES string of the molecule is Cc1ccc(S(=O)(=O)N(CC(=O)NCc2ccccc2)c2cc(C)ccc2C)cc1. The molecule has 3 rings (SSSR count). The Hall–Kier alpha value is -3.12. The van der Waals surface area contributed by atoms with Crippen molar-refractivity contribution in [1.82, 2.24) is 5.32 Å². The zero-order valence-corrected chi connectivity index (χ0v) is 18.2. The van der Waals surface area contributed by atoms with Gasteiger partial charge in [0.2, 0.25) is 5.91 Å². The molecule has 156 valence electrons. The van der Waals surface area contributed by atoms with Crippen molar-refractivity contribution in [2.45, 2.75) is 32.2 Å². The summed E-state index contributed by atoms with van der Waals surface area (Å²) in [6.45, 7) is 5.68. The number of sulfonamides is 1. The lowest BCUT2D eigenvalue weighted by atomic mass is 10.1. The number of anilines is 1. The Morgan fingerprint density at radius 2 is 1.50 bits per heavy atom. The van der Waals surface area contributed by atoms with Crippen LogP contribution in [0.5, 0.6) is 0 Å². The van der Waals surface area contributed by atoms with Gasteiger partial charge in [0.25, 0.3) is 10.0 Å². The topological polar surface area (TPSA) is 66.5 Å². The summed E-state index contributed by atoms with van der Waals surface area (Å²) in [4.78, 5) is 12.9. The lowest BCUT2D eigenvalue weighted by Crippen LogP contribution is -2.41. The lowest BCUT2D eigenvalue weighted by Gasteiger charge is -2.26. The highest BCUT2D eigenvalue weighted by Gasteiger charge is 2.28. The summed E-state index contributed by atoms with van der Waals surface area (Å²) in [5, 5.41) is 2.82. The Kier molecular flexibility index (Phi) is 6.57. The van der Waals surface area contributed by atoms with Gasteiger partial charge >= 0.3 is 0 Å². The van der Waals surface area contributed by atoms with Crippen molar-refractivity contribution in [3.05, 3.63) is 95.1 Å². The third-order valence-corrected chi connectivity index (χ3v) is 6.64. The number of benzene rings is 3. The van der Waals surface area contributed by atoms with Crippen LogP contribution in [0, 0.1) is 20.8 Å². The van der Waals surface area contributed by atoms with Gasteiger partial charge in [0, 0.05) is 6.54 Å². The van der Waals surface area contributed by atoms with Crippen LogP contribution in [-0.4, -0.2) is 20.9 Å². The summed E-state index contributed by atoms with van der Waals surface area (Å²) in [5.74, 6) is -0.365. The molecule has 1 N–H and O–H groups in total. The van der Waals surface area contributed by atoms with Crippen molar-refractivity contribution in [3.63, 3.8) is 0 Å². The lowest BCUT2D eigenvalue weighted by molar-refractivity contribution is -0.119. The van der Waals surface area contributed by atoms with E-state index in [1.165, 1.54) is 4.31 Å². The molecule has 3 aromatic carbocycles. The molecule has 0 aliphatic carbocycles. The first-order chi connectivity index (χ1) is 14.3. The molecule has 30 heavy (non-hydrogen) atoms. The molecular weight excluding hydrogens is 396 g/mol. The van der Waals surface area contributed by atoms with Crippen LogP contribution in [0.3, 0.4) is 0 Å². The van der Waals surface area contributed by atoms with Crippen molar-refractivity contribution in [2.24, 2.45) is 0 Å². The quantitative estimate of drug-likeness (QED) is 0.623. The summed E-state index contributed by atoms with van der Waals surface area (Å²) < 4.78 is 28.1. The van der Waals surface area contributed by atoms with Gasteiger partial charge in [-0.1, -0.05) is 60.2 Å². The minimum Gasteiger partial charge on any atom is -0.350 e. The maximum absolute atomic E-state index is 13.5. The molecule has 0 spiro atoms. The van der Waals surface area contributed by atoms with Gasteiger partial charge in [-0.05, 0) is 55.7 Å². The molecule has 0 saturated heterocycles. The van der Waals surface area contributed by atoms with E-state index >= 15 is 0 Å². The number of carbonyl (C=O) groups is 1. The summed E-state index contributed by atoms with van der Waals surface area (Å²) in [6, 6.07) is 21.8. The average molecular weight is 423 g/mol. The molecule has 0 aliphatic rings. The van der Waals surface area contributed by atoms with Gasteiger partial charge in [-0.2, -0.15) is 0 Å². The molecule has 6 heteroatoms. The molecule has 1 amide bonds. The van der Waals surface area contributed by atoms with Crippen LogP contribution in [0.1, 0.15) is 22.3 Å². The highest BCUT2D eigenvalue weighted by atomic mass is 32.2. The van der Waals surface area contributed by atoms with E-state index in [1.54, 1.807) is 30.3 Å². The van der Waals surface area contributed by atoms with E-state index in [-0.39, 0.29) is 17.3 Å².